The van der Waals surface area contributed by atoms with E-state index in [1.165, 1.54) is 11.1 Å². The molecule has 6 heteroatoms. The minimum atomic E-state index is -3.60. The lowest BCUT2D eigenvalue weighted by atomic mass is 10.1. The molecule has 0 aromatic heterocycles. The molecule has 0 N–H and O–H groups in total. The van der Waals surface area contributed by atoms with Crippen LogP contribution in [0.4, 0.5) is 0 Å². The molecule has 1 aliphatic heterocycles. The number of benzene rings is 3. The second-order valence-corrected chi connectivity index (χ2v) is 10.4. The van der Waals surface area contributed by atoms with Gasteiger partial charge in [0.15, 0.2) is 0 Å². The van der Waals surface area contributed by atoms with Crippen LogP contribution in [-0.4, -0.2) is 25.0 Å². The van der Waals surface area contributed by atoms with Crippen molar-refractivity contribution in [2.24, 2.45) is 0 Å². The highest BCUT2D eigenvalue weighted by Crippen LogP contribution is 2.43. The average Bonchev–Trinajstić information content (AvgIpc) is 3.32. The second kappa shape index (κ2) is 6.52. The summed E-state index contributed by atoms with van der Waals surface area (Å²) in [4.78, 5) is 0.423. The van der Waals surface area contributed by atoms with Gasteiger partial charge in [-0.15, -0.1) is 11.8 Å². The minimum Gasteiger partial charge on any atom is -0.207 e. The molecule has 1 fully saturated rings. The van der Waals surface area contributed by atoms with Gasteiger partial charge < -0.3 is 0 Å². The van der Waals surface area contributed by atoms with Crippen molar-refractivity contribution < 1.29 is 8.42 Å². The number of aryl methyl sites for hydroxylation is 2. The fraction of sp³-hybridized carbons (Fsp3) is 0.238. The number of sulfonamides is 1. The monoisotopic (exact) mass is 415 g/mol. The van der Waals surface area contributed by atoms with E-state index in [0.717, 1.165) is 34.9 Å². The van der Waals surface area contributed by atoms with E-state index in [-0.39, 0.29) is 5.37 Å². The SMILES string of the molecule is O=S(=O)(c1ccc2c3c(cccc13)CC2)N1CCSC1c1ccc(Cl)cc1. The third kappa shape index (κ3) is 2.80. The molecular weight excluding hydrogens is 398 g/mol. The van der Waals surface area contributed by atoms with Gasteiger partial charge in [0.25, 0.3) is 0 Å². The average molecular weight is 416 g/mol. The molecule has 1 unspecified atom stereocenters. The molecule has 1 atom stereocenters. The largest absolute Gasteiger partial charge is 0.245 e. The van der Waals surface area contributed by atoms with Gasteiger partial charge >= 0.3 is 0 Å². The van der Waals surface area contributed by atoms with Gasteiger partial charge in [0.2, 0.25) is 10.0 Å². The smallest absolute Gasteiger partial charge is 0.207 e. The molecule has 0 saturated carbocycles. The highest BCUT2D eigenvalue weighted by atomic mass is 35.5. The van der Waals surface area contributed by atoms with E-state index in [1.807, 2.05) is 42.5 Å². The summed E-state index contributed by atoms with van der Waals surface area (Å²) in [5.41, 5.74) is 3.48. The lowest BCUT2D eigenvalue weighted by molar-refractivity contribution is 0.435. The van der Waals surface area contributed by atoms with Crippen molar-refractivity contribution in [1.82, 2.24) is 4.31 Å². The van der Waals surface area contributed by atoms with Crippen LogP contribution in [0.3, 0.4) is 0 Å². The fourth-order valence-corrected chi connectivity index (χ4v) is 7.72. The zero-order valence-corrected chi connectivity index (χ0v) is 16.9. The quantitative estimate of drug-likeness (QED) is 0.602. The number of thioether (sulfide) groups is 1. The summed E-state index contributed by atoms with van der Waals surface area (Å²) in [7, 11) is -3.60. The van der Waals surface area contributed by atoms with Crippen molar-refractivity contribution in [2.75, 3.05) is 12.3 Å². The Morgan fingerprint density at radius 2 is 1.70 bits per heavy atom. The van der Waals surface area contributed by atoms with Crippen LogP contribution >= 0.6 is 23.4 Å². The molecule has 1 heterocycles. The van der Waals surface area contributed by atoms with Gasteiger partial charge in [-0.25, -0.2) is 8.42 Å². The Labute approximate surface area is 168 Å². The number of hydrogen-bond acceptors (Lipinski definition) is 3. The lowest BCUT2D eigenvalue weighted by Gasteiger charge is -2.24. The number of hydrogen-bond donors (Lipinski definition) is 0. The van der Waals surface area contributed by atoms with Crippen molar-refractivity contribution >= 4 is 44.2 Å². The van der Waals surface area contributed by atoms with Crippen LogP contribution in [0, 0.1) is 0 Å². The predicted molar refractivity (Wildman–Crippen MR) is 112 cm³/mol. The second-order valence-electron chi connectivity index (χ2n) is 6.95. The summed E-state index contributed by atoms with van der Waals surface area (Å²) >= 11 is 7.66. The number of nitrogens with zero attached hydrogens (tertiary/aromatic N) is 1. The fourth-order valence-electron chi connectivity index (χ4n) is 4.16. The van der Waals surface area contributed by atoms with Crippen molar-refractivity contribution in [3.63, 3.8) is 0 Å². The van der Waals surface area contributed by atoms with E-state index in [0.29, 0.717) is 16.5 Å². The maximum absolute atomic E-state index is 13.6. The maximum Gasteiger partial charge on any atom is 0.245 e. The molecule has 5 rings (SSSR count). The molecule has 0 radical (unpaired) electrons. The molecule has 0 spiro atoms. The maximum atomic E-state index is 13.6. The Hall–Kier alpha value is -1.53. The van der Waals surface area contributed by atoms with E-state index in [4.69, 9.17) is 11.6 Å². The Morgan fingerprint density at radius 3 is 2.48 bits per heavy atom. The molecular formula is C21H18ClNO2S2. The van der Waals surface area contributed by atoms with E-state index in [9.17, 15) is 8.42 Å². The molecule has 3 nitrogen and oxygen atoms in total. The predicted octanol–water partition coefficient (Wildman–Crippen LogP) is 5.03. The normalized spacial score (nSPS) is 19.8. The summed E-state index contributed by atoms with van der Waals surface area (Å²) in [6, 6.07) is 17.3. The highest BCUT2D eigenvalue weighted by Gasteiger charge is 2.38. The molecule has 3 aromatic rings. The first-order chi connectivity index (χ1) is 13.1. The number of halogens is 1. The third-order valence-corrected chi connectivity index (χ3v) is 9.00. The van der Waals surface area contributed by atoms with Crippen LogP contribution in [0.25, 0.3) is 10.8 Å². The van der Waals surface area contributed by atoms with Gasteiger partial charge in [-0.3, -0.25) is 0 Å². The summed E-state index contributed by atoms with van der Waals surface area (Å²) in [6.07, 6.45) is 1.98. The minimum absolute atomic E-state index is 0.213. The molecule has 1 aliphatic carbocycles. The zero-order valence-electron chi connectivity index (χ0n) is 14.6. The van der Waals surface area contributed by atoms with Crippen molar-refractivity contribution in [3.05, 3.63) is 76.3 Å². The van der Waals surface area contributed by atoms with Gasteiger partial charge in [0, 0.05) is 22.7 Å². The van der Waals surface area contributed by atoms with Crippen molar-refractivity contribution in [3.8, 4) is 0 Å². The summed E-state index contributed by atoms with van der Waals surface area (Å²) in [6.45, 7) is 0.517. The summed E-state index contributed by atoms with van der Waals surface area (Å²) in [5, 5.41) is 2.43. The summed E-state index contributed by atoms with van der Waals surface area (Å²) in [5.74, 6) is 0.786. The highest BCUT2D eigenvalue weighted by molar-refractivity contribution is 8.01. The van der Waals surface area contributed by atoms with Crippen LogP contribution in [0.5, 0.6) is 0 Å². The molecule has 3 aromatic carbocycles. The van der Waals surface area contributed by atoms with Crippen LogP contribution in [0.15, 0.2) is 59.5 Å². The van der Waals surface area contributed by atoms with Gasteiger partial charge in [-0.05, 0) is 53.1 Å². The molecule has 1 saturated heterocycles. The Balaban J connectivity index is 1.63. The van der Waals surface area contributed by atoms with E-state index in [1.54, 1.807) is 22.1 Å². The van der Waals surface area contributed by atoms with Crippen molar-refractivity contribution in [2.45, 2.75) is 23.1 Å². The zero-order chi connectivity index (χ0) is 18.6. The first-order valence-corrected chi connectivity index (χ1v) is 11.8. The molecule has 138 valence electrons. The first kappa shape index (κ1) is 17.6. The molecule has 0 bridgehead atoms. The van der Waals surface area contributed by atoms with Gasteiger partial charge in [-0.1, -0.05) is 48.0 Å². The topological polar surface area (TPSA) is 37.4 Å². The van der Waals surface area contributed by atoms with Gasteiger partial charge in [0.1, 0.15) is 0 Å². The molecule has 2 aliphatic rings. The lowest BCUT2D eigenvalue weighted by Crippen LogP contribution is -2.30. The summed E-state index contributed by atoms with van der Waals surface area (Å²) < 4.78 is 28.9. The van der Waals surface area contributed by atoms with Gasteiger partial charge in [0.05, 0.1) is 10.3 Å². The molecule has 27 heavy (non-hydrogen) atoms. The Morgan fingerprint density at radius 1 is 0.963 bits per heavy atom. The van der Waals surface area contributed by atoms with Crippen molar-refractivity contribution in [1.29, 1.82) is 0 Å². The Kier molecular flexibility index (Phi) is 4.24. The first-order valence-electron chi connectivity index (χ1n) is 8.98. The molecule has 0 amide bonds. The van der Waals surface area contributed by atoms with E-state index >= 15 is 0 Å². The van der Waals surface area contributed by atoms with E-state index < -0.39 is 10.0 Å². The number of rotatable bonds is 3. The van der Waals surface area contributed by atoms with Crippen LogP contribution < -0.4 is 0 Å². The van der Waals surface area contributed by atoms with E-state index in [2.05, 4.69) is 6.07 Å². The van der Waals surface area contributed by atoms with Crippen LogP contribution in [0.1, 0.15) is 22.1 Å². The van der Waals surface area contributed by atoms with Crippen LogP contribution in [0.2, 0.25) is 5.02 Å². The van der Waals surface area contributed by atoms with Crippen LogP contribution in [-0.2, 0) is 22.9 Å². The standard InChI is InChI=1S/C21H18ClNO2S2/c22-17-9-6-16(7-10-17)21-23(12-13-26-21)27(24,25)19-11-8-15-5-4-14-2-1-3-18(19)20(14)15/h1-3,6-11,21H,4-5,12-13H2. The Bertz CT molecular complexity index is 1130. The van der Waals surface area contributed by atoms with Gasteiger partial charge in [-0.2, -0.15) is 4.31 Å². The third-order valence-electron chi connectivity index (χ3n) is 5.43.